The van der Waals surface area contributed by atoms with E-state index < -0.39 is 21.8 Å². The number of piperidine rings is 1. The van der Waals surface area contributed by atoms with Crippen molar-refractivity contribution in [3.8, 4) is 0 Å². The molecule has 0 amide bonds. The maximum Gasteiger partial charge on any atom is 0.416 e. The lowest BCUT2D eigenvalue weighted by Crippen LogP contribution is -2.39. The summed E-state index contributed by atoms with van der Waals surface area (Å²) in [6.45, 7) is 0.571. The Hall–Kier alpha value is -1.94. The molecule has 0 spiro atoms. The fraction of sp³-hybridized carbons (Fsp3) is 0.429. The highest BCUT2D eigenvalue weighted by Gasteiger charge is 2.33. The summed E-state index contributed by atoms with van der Waals surface area (Å²) < 4.78 is 65.8. The van der Waals surface area contributed by atoms with Crippen LogP contribution in [0.25, 0.3) is 0 Å². The summed E-state index contributed by atoms with van der Waals surface area (Å²) in [5.41, 5.74) is -0.869. The zero-order valence-electron chi connectivity index (χ0n) is 12.5. The fourth-order valence-electron chi connectivity index (χ4n) is 2.72. The number of sulfonamides is 1. The molecule has 0 radical (unpaired) electrons. The number of nitrogens with zero attached hydrogens (tertiary/aromatic N) is 4. The van der Waals surface area contributed by atoms with E-state index in [0.717, 1.165) is 24.3 Å². The molecule has 130 valence electrons. The molecule has 10 heteroatoms. The third kappa shape index (κ3) is 3.29. The molecule has 1 aliphatic heterocycles. The number of aromatic nitrogens is 3. The van der Waals surface area contributed by atoms with Gasteiger partial charge in [0.2, 0.25) is 10.0 Å². The van der Waals surface area contributed by atoms with Crippen molar-refractivity contribution in [1.82, 2.24) is 19.3 Å². The van der Waals surface area contributed by atoms with E-state index in [1.54, 1.807) is 17.1 Å². The highest BCUT2D eigenvalue weighted by Crippen LogP contribution is 2.31. The Balaban J connectivity index is 1.72. The fourth-order valence-corrected chi connectivity index (χ4v) is 4.19. The van der Waals surface area contributed by atoms with Gasteiger partial charge in [-0.2, -0.15) is 17.5 Å². The molecule has 1 aromatic heterocycles. The molecule has 0 bridgehead atoms. The Labute approximate surface area is 136 Å². The number of benzene rings is 1. The van der Waals surface area contributed by atoms with Crippen molar-refractivity contribution in [2.45, 2.75) is 30.0 Å². The van der Waals surface area contributed by atoms with Gasteiger partial charge in [0.15, 0.2) is 0 Å². The molecule has 2 aromatic rings. The first-order chi connectivity index (χ1) is 11.3. The van der Waals surface area contributed by atoms with Gasteiger partial charge in [0.25, 0.3) is 0 Å². The summed E-state index contributed by atoms with van der Waals surface area (Å²) in [7, 11) is -3.80. The van der Waals surface area contributed by atoms with E-state index >= 15 is 0 Å². The normalized spacial score (nSPS) is 18.0. The van der Waals surface area contributed by atoms with E-state index in [9.17, 15) is 21.6 Å². The summed E-state index contributed by atoms with van der Waals surface area (Å²) in [6, 6.07) is 3.65. The molecule has 1 saturated heterocycles. The largest absolute Gasteiger partial charge is 0.416 e. The topological polar surface area (TPSA) is 68.1 Å². The van der Waals surface area contributed by atoms with Gasteiger partial charge in [-0.1, -0.05) is 5.21 Å². The molecule has 1 fully saturated rings. The van der Waals surface area contributed by atoms with Crippen LogP contribution in [0.5, 0.6) is 0 Å². The SMILES string of the molecule is O=S(=O)(c1ccc(C(F)(F)F)cc1)N1CCC(n2ccnn2)CC1. The van der Waals surface area contributed by atoms with Crippen LogP contribution in [0.3, 0.4) is 0 Å². The predicted molar refractivity (Wildman–Crippen MR) is 78.5 cm³/mol. The van der Waals surface area contributed by atoms with Crippen LogP contribution in [-0.2, 0) is 16.2 Å². The van der Waals surface area contributed by atoms with Crippen molar-refractivity contribution in [2.24, 2.45) is 0 Å². The Bertz CT molecular complexity index is 780. The second-order valence-corrected chi connectivity index (χ2v) is 7.48. The van der Waals surface area contributed by atoms with Crippen molar-refractivity contribution in [1.29, 1.82) is 0 Å². The molecule has 6 nitrogen and oxygen atoms in total. The van der Waals surface area contributed by atoms with Gasteiger partial charge < -0.3 is 0 Å². The van der Waals surface area contributed by atoms with Crippen molar-refractivity contribution in [3.63, 3.8) is 0 Å². The van der Waals surface area contributed by atoms with Gasteiger partial charge in [0.1, 0.15) is 0 Å². The average Bonchev–Trinajstić information content (AvgIpc) is 3.09. The van der Waals surface area contributed by atoms with Crippen molar-refractivity contribution < 1.29 is 21.6 Å². The van der Waals surface area contributed by atoms with Crippen LogP contribution in [0.2, 0.25) is 0 Å². The lowest BCUT2D eigenvalue weighted by molar-refractivity contribution is -0.137. The number of rotatable bonds is 3. The maximum atomic E-state index is 12.6. The van der Waals surface area contributed by atoms with Crippen LogP contribution in [0, 0.1) is 0 Å². The Morgan fingerprint density at radius 3 is 2.21 bits per heavy atom. The Morgan fingerprint density at radius 1 is 1.08 bits per heavy atom. The molecule has 2 heterocycles. The molecule has 1 aliphatic rings. The van der Waals surface area contributed by atoms with E-state index in [2.05, 4.69) is 10.3 Å². The first-order valence-corrected chi connectivity index (χ1v) is 8.76. The maximum absolute atomic E-state index is 12.6. The second kappa shape index (κ2) is 6.17. The second-order valence-electron chi connectivity index (χ2n) is 5.54. The zero-order chi connectivity index (χ0) is 17.4. The number of halogens is 3. The van der Waals surface area contributed by atoms with Crippen LogP contribution in [0.15, 0.2) is 41.6 Å². The van der Waals surface area contributed by atoms with Crippen LogP contribution >= 0.6 is 0 Å². The minimum Gasteiger partial charge on any atom is -0.249 e. The molecule has 3 rings (SSSR count). The average molecular weight is 360 g/mol. The Morgan fingerprint density at radius 2 is 1.71 bits per heavy atom. The van der Waals surface area contributed by atoms with E-state index in [1.807, 2.05) is 0 Å². The third-order valence-corrected chi connectivity index (χ3v) is 5.97. The summed E-state index contributed by atoms with van der Waals surface area (Å²) in [5, 5.41) is 7.64. The van der Waals surface area contributed by atoms with E-state index in [0.29, 0.717) is 12.8 Å². The lowest BCUT2D eigenvalue weighted by Gasteiger charge is -2.31. The monoisotopic (exact) mass is 360 g/mol. The van der Waals surface area contributed by atoms with Gasteiger partial charge in [-0.25, -0.2) is 13.1 Å². The minimum atomic E-state index is -4.49. The van der Waals surface area contributed by atoms with E-state index in [1.165, 1.54) is 4.31 Å². The van der Waals surface area contributed by atoms with Crippen LogP contribution < -0.4 is 0 Å². The number of hydrogen-bond donors (Lipinski definition) is 0. The molecule has 0 unspecified atom stereocenters. The predicted octanol–water partition coefficient (Wildman–Crippen LogP) is 2.32. The Kier molecular flexibility index (Phi) is 4.35. The zero-order valence-corrected chi connectivity index (χ0v) is 13.3. The molecular formula is C14H15F3N4O2S. The molecule has 0 atom stereocenters. The van der Waals surface area contributed by atoms with Gasteiger partial charge in [0, 0.05) is 19.3 Å². The molecule has 0 N–H and O–H groups in total. The molecule has 0 saturated carbocycles. The van der Waals surface area contributed by atoms with Crippen molar-refractivity contribution in [3.05, 3.63) is 42.2 Å². The van der Waals surface area contributed by atoms with Gasteiger partial charge in [-0.15, -0.1) is 5.10 Å². The van der Waals surface area contributed by atoms with Gasteiger partial charge in [0.05, 0.1) is 22.7 Å². The van der Waals surface area contributed by atoms with Gasteiger partial charge >= 0.3 is 6.18 Å². The number of hydrogen-bond acceptors (Lipinski definition) is 4. The van der Waals surface area contributed by atoms with E-state index in [-0.39, 0.29) is 24.0 Å². The highest BCUT2D eigenvalue weighted by molar-refractivity contribution is 7.89. The van der Waals surface area contributed by atoms with E-state index in [4.69, 9.17) is 0 Å². The molecule has 1 aromatic carbocycles. The summed E-state index contributed by atoms with van der Waals surface area (Å²) >= 11 is 0. The summed E-state index contributed by atoms with van der Waals surface area (Å²) in [5.74, 6) is 0. The van der Waals surface area contributed by atoms with Crippen molar-refractivity contribution in [2.75, 3.05) is 13.1 Å². The van der Waals surface area contributed by atoms with Crippen LogP contribution in [-0.4, -0.2) is 40.8 Å². The number of alkyl halides is 3. The standard InChI is InChI=1S/C14H15F3N4O2S/c15-14(16,17)11-1-3-13(4-2-11)24(22,23)20-8-5-12(6-9-20)21-10-7-18-19-21/h1-4,7,10,12H,5-6,8-9H2. The van der Waals surface area contributed by atoms with Gasteiger partial charge in [-0.05, 0) is 37.1 Å². The summed E-state index contributed by atoms with van der Waals surface area (Å²) in [4.78, 5) is -0.130. The molecule has 0 aliphatic carbocycles. The summed E-state index contributed by atoms with van der Waals surface area (Å²) in [6.07, 6.45) is -0.0547. The first kappa shape index (κ1) is 16.9. The van der Waals surface area contributed by atoms with Crippen LogP contribution in [0.4, 0.5) is 13.2 Å². The third-order valence-electron chi connectivity index (χ3n) is 4.06. The highest BCUT2D eigenvalue weighted by atomic mass is 32.2. The molecule has 24 heavy (non-hydrogen) atoms. The van der Waals surface area contributed by atoms with Crippen LogP contribution in [0.1, 0.15) is 24.4 Å². The smallest absolute Gasteiger partial charge is 0.249 e. The van der Waals surface area contributed by atoms with Gasteiger partial charge in [-0.3, -0.25) is 0 Å². The van der Waals surface area contributed by atoms with Crippen molar-refractivity contribution >= 4 is 10.0 Å². The first-order valence-electron chi connectivity index (χ1n) is 7.32. The lowest BCUT2D eigenvalue weighted by atomic mass is 10.1. The quantitative estimate of drug-likeness (QED) is 0.842. The molecular weight excluding hydrogens is 345 g/mol. The minimum absolute atomic E-state index is 0.0755.